The van der Waals surface area contributed by atoms with Gasteiger partial charge in [-0.25, -0.2) is 4.68 Å². The summed E-state index contributed by atoms with van der Waals surface area (Å²) in [4.78, 5) is 12.1. The first kappa shape index (κ1) is 19.6. The second kappa shape index (κ2) is 7.87. The quantitative estimate of drug-likeness (QED) is 0.592. The molecule has 0 N–H and O–H groups in total. The van der Waals surface area contributed by atoms with Crippen LogP contribution in [-0.4, -0.2) is 28.0 Å². The van der Waals surface area contributed by atoms with Gasteiger partial charge in [0.1, 0.15) is 5.60 Å². The van der Waals surface area contributed by atoms with E-state index in [4.69, 9.17) is 26.2 Å². The molecule has 1 aliphatic heterocycles. The van der Waals surface area contributed by atoms with Crippen LogP contribution in [0.2, 0.25) is 5.02 Å². The predicted octanol–water partition coefficient (Wildman–Crippen LogP) is 5.43. The number of rotatable bonds is 4. The van der Waals surface area contributed by atoms with E-state index in [0.717, 1.165) is 46.9 Å². The first-order valence-electron chi connectivity index (χ1n) is 8.94. The van der Waals surface area contributed by atoms with Crippen molar-refractivity contribution in [3.8, 4) is 0 Å². The maximum absolute atomic E-state index is 12.1. The Labute approximate surface area is 167 Å². The molecule has 1 fully saturated rings. The maximum Gasteiger partial charge on any atom is 0.306 e. The van der Waals surface area contributed by atoms with Crippen LogP contribution in [0, 0.1) is 0 Å². The first-order valence-corrected chi connectivity index (χ1v) is 10.1. The van der Waals surface area contributed by atoms with E-state index in [2.05, 4.69) is 15.9 Å². The van der Waals surface area contributed by atoms with Crippen molar-refractivity contribution in [3.05, 3.63) is 27.3 Å². The minimum absolute atomic E-state index is 0.0845. The zero-order chi connectivity index (χ0) is 18.9. The van der Waals surface area contributed by atoms with E-state index >= 15 is 0 Å². The van der Waals surface area contributed by atoms with Gasteiger partial charge in [-0.15, -0.1) is 0 Å². The summed E-state index contributed by atoms with van der Waals surface area (Å²) >= 11 is 9.79. The zero-order valence-corrected chi connectivity index (χ0v) is 17.7. The lowest BCUT2D eigenvalue weighted by Crippen LogP contribution is -2.24. The number of nitrogens with zero attached hydrogens (tertiary/aromatic N) is 2. The van der Waals surface area contributed by atoms with E-state index in [-0.39, 0.29) is 18.6 Å². The van der Waals surface area contributed by atoms with Crippen molar-refractivity contribution in [1.29, 1.82) is 0 Å². The number of esters is 1. The van der Waals surface area contributed by atoms with Gasteiger partial charge in [-0.05, 0) is 68.1 Å². The van der Waals surface area contributed by atoms with Crippen LogP contribution in [0.4, 0.5) is 0 Å². The number of halogens is 2. The molecule has 1 saturated heterocycles. The molecule has 0 saturated carbocycles. The molecule has 0 amide bonds. The summed E-state index contributed by atoms with van der Waals surface area (Å²) in [7, 11) is 0. The van der Waals surface area contributed by atoms with E-state index in [1.807, 2.05) is 37.6 Å². The fourth-order valence-electron chi connectivity index (χ4n) is 3.13. The summed E-state index contributed by atoms with van der Waals surface area (Å²) < 4.78 is 14.0. The third-order valence-corrected chi connectivity index (χ3v) is 5.44. The predicted molar refractivity (Wildman–Crippen MR) is 105 cm³/mol. The molecular weight excluding hydrogens is 420 g/mol. The number of aryl methyl sites for hydroxylation is 1. The largest absolute Gasteiger partial charge is 0.460 e. The SMILES string of the molecule is CC(C)(C)OC(=O)CCc1nn(C2CCCCO2)c2cc(Cl)c(Br)cc12. The minimum Gasteiger partial charge on any atom is -0.460 e. The Morgan fingerprint density at radius 1 is 1.42 bits per heavy atom. The Morgan fingerprint density at radius 3 is 2.85 bits per heavy atom. The van der Waals surface area contributed by atoms with Crippen LogP contribution in [-0.2, 0) is 20.7 Å². The normalized spacial score (nSPS) is 18.3. The molecule has 142 valence electrons. The van der Waals surface area contributed by atoms with Gasteiger partial charge in [-0.3, -0.25) is 4.79 Å². The number of aromatic nitrogens is 2. The van der Waals surface area contributed by atoms with Crippen molar-refractivity contribution in [3.63, 3.8) is 0 Å². The van der Waals surface area contributed by atoms with Gasteiger partial charge in [0, 0.05) is 22.9 Å². The van der Waals surface area contributed by atoms with Crippen LogP contribution in [0.3, 0.4) is 0 Å². The minimum atomic E-state index is -0.481. The lowest BCUT2D eigenvalue weighted by molar-refractivity contribution is -0.154. The Balaban J connectivity index is 1.89. The van der Waals surface area contributed by atoms with Gasteiger partial charge in [0.05, 0.1) is 22.7 Å². The number of hydrogen-bond acceptors (Lipinski definition) is 4. The highest BCUT2D eigenvalue weighted by molar-refractivity contribution is 9.10. The van der Waals surface area contributed by atoms with Gasteiger partial charge in [0.15, 0.2) is 6.23 Å². The Hall–Kier alpha value is -1.11. The summed E-state index contributed by atoms with van der Waals surface area (Å²) in [6.45, 7) is 6.35. The number of fused-ring (bicyclic) bond motifs is 1. The molecule has 0 radical (unpaired) electrons. The van der Waals surface area contributed by atoms with Crippen molar-refractivity contribution in [2.75, 3.05) is 6.61 Å². The Bertz CT molecular complexity index is 807. The summed E-state index contributed by atoms with van der Waals surface area (Å²) in [5.74, 6) is -0.220. The molecule has 0 bridgehead atoms. The molecule has 1 aromatic carbocycles. The average molecular weight is 444 g/mol. The van der Waals surface area contributed by atoms with Crippen molar-refractivity contribution < 1.29 is 14.3 Å². The molecule has 1 atom stereocenters. The van der Waals surface area contributed by atoms with Crippen LogP contribution in [0.5, 0.6) is 0 Å². The van der Waals surface area contributed by atoms with E-state index < -0.39 is 5.60 Å². The average Bonchev–Trinajstić information content (AvgIpc) is 2.90. The summed E-state index contributed by atoms with van der Waals surface area (Å²) in [5, 5.41) is 6.39. The Kier molecular flexibility index (Phi) is 5.94. The maximum atomic E-state index is 12.1. The highest BCUT2D eigenvalue weighted by atomic mass is 79.9. The highest BCUT2D eigenvalue weighted by Gasteiger charge is 2.23. The smallest absolute Gasteiger partial charge is 0.306 e. The van der Waals surface area contributed by atoms with Crippen molar-refractivity contribution >= 4 is 44.4 Å². The summed E-state index contributed by atoms with van der Waals surface area (Å²) in [6.07, 6.45) is 3.83. The zero-order valence-electron chi connectivity index (χ0n) is 15.3. The molecule has 2 aromatic rings. The third-order valence-electron chi connectivity index (χ3n) is 4.24. The fourth-order valence-corrected chi connectivity index (χ4v) is 3.63. The topological polar surface area (TPSA) is 53.3 Å². The third kappa shape index (κ3) is 4.59. The number of benzene rings is 1. The van der Waals surface area contributed by atoms with E-state index in [0.29, 0.717) is 11.4 Å². The summed E-state index contributed by atoms with van der Waals surface area (Å²) in [6, 6.07) is 3.87. The second-order valence-corrected chi connectivity index (χ2v) is 8.84. The molecule has 1 unspecified atom stereocenters. The number of carbonyl (C=O) groups is 1. The van der Waals surface area contributed by atoms with Crippen molar-refractivity contribution in [2.24, 2.45) is 0 Å². The fraction of sp³-hybridized carbons (Fsp3) is 0.579. The van der Waals surface area contributed by atoms with Crippen LogP contribution in [0.25, 0.3) is 10.9 Å². The van der Waals surface area contributed by atoms with E-state index in [9.17, 15) is 4.79 Å². The number of carbonyl (C=O) groups excluding carboxylic acids is 1. The molecule has 3 rings (SSSR count). The molecular formula is C19H24BrClN2O3. The van der Waals surface area contributed by atoms with Crippen LogP contribution in [0.15, 0.2) is 16.6 Å². The van der Waals surface area contributed by atoms with Gasteiger partial charge in [-0.2, -0.15) is 5.10 Å². The molecule has 0 spiro atoms. The molecule has 7 heteroatoms. The van der Waals surface area contributed by atoms with Gasteiger partial charge >= 0.3 is 5.97 Å². The molecule has 5 nitrogen and oxygen atoms in total. The molecule has 1 aliphatic rings. The molecule has 2 heterocycles. The lowest BCUT2D eigenvalue weighted by atomic mass is 10.1. The van der Waals surface area contributed by atoms with Gasteiger partial charge in [-0.1, -0.05) is 11.6 Å². The lowest BCUT2D eigenvalue weighted by Gasteiger charge is -2.23. The van der Waals surface area contributed by atoms with Crippen LogP contribution < -0.4 is 0 Å². The highest BCUT2D eigenvalue weighted by Crippen LogP contribution is 2.34. The standard InChI is InChI=1S/C19H24BrClN2O3/c1-19(2,3)26-18(24)8-7-15-12-10-13(20)14(21)11-16(12)23(22-15)17-6-4-5-9-25-17/h10-11,17H,4-9H2,1-3H3. The van der Waals surface area contributed by atoms with Gasteiger partial charge < -0.3 is 9.47 Å². The second-order valence-electron chi connectivity index (χ2n) is 7.58. The number of ether oxygens (including phenoxy) is 2. The van der Waals surface area contributed by atoms with Gasteiger partial charge in [0.25, 0.3) is 0 Å². The van der Waals surface area contributed by atoms with Gasteiger partial charge in [0.2, 0.25) is 0 Å². The Morgan fingerprint density at radius 2 is 2.19 bits per heavy atom. The summed E-state index contributed by atoms with van der Waals surface area (Å²) in [5.41, 5.74) is 1.31. The molecule has 26 heavy (non-hydrogen) atoms. The molecule has 1 aromatic heterocycles. The van der Waals surface area contributed by atoms with Crippen LogP contribution in [0.1, 0.15) is 58.4 Å². The molecule has 0 aliphatic carbocycles. The van der Waals surface area contributed by atoms with Crippen molar-refractivity contribution in [1.82, 2.24) is 9.78 Å². The van der Waals surface area contributed by atoms with Crippen molar-refractivity contribution in [2.45, 2.75) is 64.7 Å². The monoisotopic (exact) mass is 442 g/mol. The van der Waals surface area contributed by atoms with E-state index in [1.54, 1.807) is 0 Å². The number of hydrogen-bond donors (Lipinski definition) is 0. The van der Waals surface area contributed by atoms with Crippen LogP contribution >= 0.6 is 27.5 Å². The first-order chi connectivity index (χ1) is 12.2. The van der Waals surface area contributed by atoms with E-state index in [1.165, 1.54) is 0 Å².